The van der Waals surface area contributed by atoms with Crippen molar-refractivity contribution in [2.45, 2.75) is 20.5 Å². The first-order valence-electron chi connectivity index (χ1n) is 7.77. The Morgan fingerprint density at radius 1 is 1.39 bits per heavy atom. The van der Waals surface area contributed by atoms with E-state index in [-0.39, 0.29) is 5.91 Å². The van der Waals surface area contributed by atoms with Crippen LogP contribution in [0.3, 0.4) is 0 Å². The number of hydrogen-bond acceptors (Lipinski definition) is 5. The molecule has 0 aliphatic carbocycles. The van der Waals surface area contributed by atoms with Gasteiger partial charge in [0.2, 0.25) is 0 Å². The second kappa shape index (κ2) is 6.83. The van der Waals surface area contributed by atoms with Gasteiger partial charge in [-0.1, -0.05) is 17.3 Å². The first-order chi connectivity index (χ1) is 11.1. The normalized spacial score (nSPS) is 14.3. The fourth-order valence-corrected chi connectivity index (χ4v) is 2.46. The number of aryl methyl sites for hydroxylation is 2. The monoisotopic (exact) mass is 315 g/mol. The molecule has 0 radical (unpaired) electrons. The molecule has 0 atom stereocenters. The molecule has 1 aliphatic heterocycles. The van der Waals surface area contributed by atoms with Gasteiger partial charge in [-0.3, -0.25) is 4.79 Å². The quantitative estimate of drug-likeness (QED) is 0.850. The highest BCUT2D eigenvalue weighted by molar-refractivity contribution is 5.96. The molecule has 0 bridgehead atoms. The summed E-state index contributed by atoms with van der Waals surface area (Å²) in [6.07, 6.45) is 0. The Morgan fingerprint density at radius 2 is 2.17 bits per heavy atom. The lowest BCUT2D eigenvalue weighted by Gasteiger charge is -2.27. The van der Waals surface area contributed by atoms with Gasteiger partial charge in [-0.2, -0.15) is 0 Å². The third-order valence-electron chi connectivity index (χ3n) is 4.10. The summed E-state index contributed by atoms with van der Waals surface area (Å²) < 4.78 is 11.0. The number of amides is 1. The van der Waals surface area contributed by atoms with Crippen molar-refractivity contribution in [2.75, 3.05) is 19.6 Å². The lowest BCUT2D eigenvalue weighted by Crippen LogP contribution is -2.48. The Kier molecular flexibility index (Phi) is 4.62. The fourth-order valence-electron chi connectivity index (χ4n) is 2.46. The lowest BCUT2D eigenvalue weighted by molar-refractivity contribution is 0.0937. The summed E-state index contributed by atoms with van der Waals surface area (Å²) in [7, 11) is 0. The first-order valence-corrected chi connectivity index (χ1v) is 7.77. The number of nitrogens with one attached hydrogen (secondary N) is 2. The molecule has 0 saturated carbocycles. The highest BCUT2D eigenvalue weighted by Crippen LogP contribution is 2.21. The molecule has 3 rings (SSSR count). The summed E-state index contributed by atoms with van der Waals surface area (Å²) in [5.41, 5.74) is 2.27. The summed E-state index contributed by atoms with van der Waals surface area (Å²) in [4.78, 5) is 12.4. The number of aromatic nitrogens is 1. The minimum atomic E-state index is -0.105. The van der Waals surface area contributed by atoms with Crippen molar-refractivity contribution in [3.05, 3.63) is 46.8 Å². The minimum Gasteiger partial charge on any atom is -0.488 e. The Hall–Kier alpha value is -2.34. The van der Waals surface area contributed by atoms with Crippen LogP contribution in [0.5, 0.6) is 5.75 Å². The van der Waals surface area contributed by atoms with Gasteiger partial charge in [-0.25, -0.2) is 0 Å². The van der Waals surface area contributed by atoms with E-state index in [4.69, 9.17) is 9.26 Å². The van der Waals surface area contributed by atoms with Gasteiger partial charge < -0.3 is 19.9 Å². The summed E-state index contributed by atoms with van der Waals surface area (Å²) in [5.74, 6) is 1.72. The maximum Gasteiger partial charge on any atom is 0.255 e. The maximum absolute atomic E-state index is 12.4. The van der Waals surface area contributed by atoms with Crippen molar-refractivity contribution >= 4 is 5.91 Å². The molecular formula is C17H21N3O3. The summed E-state index contributed by atoms with van der Waals surface area (Å²) in [5, 5.41) is 10.1. The zero-order valence-electron chi connectivity index (χ0n) is 13.4. The number of rotatable bonds is 6. The molecule has 1 aliphatic rings. The molecule has 0 spiro atoms. The molecule has 2 heterocycles. The van der Waals surface area contributed by atoms with Crippen LogP contribution in [0.15, 0.2) is 28.8 Å². The Labute approximate surface area is 135 Å². The third kappa shape index (κ3) is 3.53. The minimum absolute atomic E-state index is 0.105. The number of benzene rings is 1. The van der Waals surface area contributed by atoms with Gasteiger partial charge >= 0.3 is 0 Å². The number of hydrogen-bond donors (Lipinski definition) is 2. The van der Waals surface area contributed by atoms with Crippen LogP contribution < -0.4 is 15.4 Å². The zero-order valence-corrected chi connectivity index (χ0v) is 13.4. The van der Waals surface area contributed by atoms with Gasteiger partial charge in [0.25, 0.3) is 5.91 Å². The molecule has 2 N–H and O–H groups in total. The van der Waals surface area contributed by atoms with E-state index in [2.05, 4.69) is 15.8 Å². The standard InChI is InChI=1S/C17H21N3O3/c1-11-15(12(2)23-20-11)10-22-16-6-4-3-5-14(16)17(21)19-9-13-7-18-8-13/h3-6,13,18H,7-10H2,1-2H3,(H,19,21). The second-order valence-corrected chi connectivity index (χ2v) is 5.82. The van der Waals surface area contributed by atoms with Crippen molar-refractivity contribution in [1.82, 2.24) is 15.8 Å². The molecular weight excluding hydrogens is 294 g/mol. The van der Waals surface area contributed by atoms with E-state index in [1.54, 1.807) is 12.1 Å². The van der Waals surface area contributed by atoms with E-state index in [1.165, 1.54) is 0 Å². The van der Waals surface area contributed by atoms with Gasteiger partial charge in [0, 0.05) is 25.6 Å². The van der Waals surface area contributed by atoms with Crippen LogP contribution in [0.1, 0.15) is 27.4 Å². The number of nitrogens with zero attached hydrogens (tertiary/aromatic N) is 1. The van der Waals surface area contributed by atoms with Crippen molar-refractivity contribution in [1.29, 1.82) is 0 Å². The molecule has 1 fully saturated rings. The molecule has 0 unspecified atom stereocenters. The van der Waals surface area contributed by atoms with Crippen LogP contribution in [0, 0.1) is 19.8 Å². The highest BCUT2D eigenvalue weighted by atomic mass is 16.5. The topological polar surface area (TPSA) is 76.4 Å². The molecule has 6 nitrogen and oxygen atoms in total. The van der Waals surface area contributed by atoms with Crippen molar-refractivity contribution in [2.24, 2.45) is 5.92 Å². The van der Waals surface area contributed by atoms with Crippen molar-refractivity contribution < 1.29 is 14.1 Å². The summed E-state index contributed by atoms with van der Waals surface area (Å²) in [6.45, 7) is 6.67. The van der Waals surface area contributed by atoms with Crippen molar-refractivity contribution in [3.8, 4) is 5.75 Å². The molecule has 1 saturated heterocycles. The molecule has 2 aromatic rings. The Balaban J connectivity index is 1.66. The number of carbonyl (C=O) groups is 1. The van der Waals surface area contributed by atoms with E-state index >= 15 is 0 Å². The number of para-hydroxylation sites is 1. The average molecular weight is 315 g/mol. The third-order valence-corrected chi connectivity index (χ3v) is 4.10. The van der Waals surface area contributed by atoms with E-state index in [0.717, 1.165) is 30.1 Å². The molecule has 6 heteroatoms. The van der Waals surface area contributed by atoms with Gasteiger partial charge in [-0.05, 0) is 26.0 Å². The molecule has 1 aromatic carbocycles. The van der Waals surface area contributed by atoms with Crippen LogP contribution in [0.4, 0.5) is 0 Å². The van der Waals surface area contributed by atoms with Crippen LogP contribution in [-0.4, -0.2) is 30.7 Å². The Bertz CT molecular complexity index is 673. The smallest absolute Gasteiger partial charge is 0.255 e. The number of carbonyl (C=O) groups excluding carboxylic acids is 1. The van der Waals surface area contributed by atoms with E-state index < -0.39 is 0 Å². The van der Waals surface area contributed by atoms with E-state index in [9.17, 15) is 4.79 Å². The second-order valence-electron chi connectivity index (χ2n) is 5.82. The van der Waals surface area contributed by atoms with E-state index in [1.807, 2.05) is 26.0 Å². The summed E-state index contributed by atoms with van der Waals surface area (Å²) in [6, 6.07) is 7.27. The molecule has 23 heavy (non-hydrogen) atoms. The molecule has 122 valence electrons. The van der Waals surface area contributed by atoms with E-state index in [0.29, 0.717) is 30.4 Å². The van der Waals surface area contributed by atoms with Gasteiger partial charge in [0.1, 0.15) is 18.1 Å². The van der Waals surface area contributed by atoms with Gasteiger partial charge in [0.15, 0.2) is 0 Å². The predicted octanol–water partition coefficient (Wildman–Crippen LogP) is 1.82. The van der Waals surface area contributed by atoms with Crippen molar-refractivity contribution in [3.63, 3.8) is 0 Å². The lowest BCUT2D eigenvalue weighted by atomic mass is 10.0. The molecule has 1 amide bonds. The van der Waals surface area contributed by atoms with Gasteiger partial charge in [0.05, 0.1) is 16.8 Å². The maximum atomic E-state index is 12.4. The largest absolute Gasteiger partial charge is 0.488 e. The van der Waals surface area contributed by atoms with Crippen LogP contribution in [0.2, 0.25) is 0 Å². The Morgan fingerprint density at radius 3 is 2.83 bits per heavy atom. The predicted molar refractivity (Wildman–Crippen MR) is 85.4 cm³/mol. The van der Waals surface area contributed by atoms with Crippen LogP contribution >= 0.6 is 0 Å². The first kappa shape index (κ1) is 15.6. The SMILES string of the molecule is Cc1noc(C)c1COc1ccccc1C(=O)NCC1CNC1. The van der Waals surface area contributed by atoms with Gasteiger partial charge in [-0.15, -0.1) is 0 Å². The molecule has 1 aromatic heterocycles. The van der Waals surface area contributed by atoms with Crippen LogP contribution in [-0.2, 0) is 6.61 Å². The fraction of sp³-hybridized carbons (Fsp3) is 0.412. The average Bonchev–Trinajstić information content (AvgIpc) is 2.82. The number of ether oxygens (including phenoxy) is 1. The zero-order chi connectivity index (χ0) is 16.2. The highest BCUT2D eigenvalue weighted by Gasteiger charge is 2.19. The van der Waals surface area contributed by atoms with Crippen LogP contribution in [0.25, 0.3) is 0 Å². The summed E-state index contributed by atoms with van der Waals surface area (Å²) >= 11 is 0.